The SMILES string of the molecule is Cc1ccc(C)c(NC(=O)CSc2nc(-c3ccccc3)ns2)c1. The number of nitrogens with one attached hydrogen (secondary N) is 1. The molecule has 0 unspecified atom stereocenters. The van der Waals surface area contributed by atoms with Crippen molar-refractivity contribution in [1.29, 1.82) is 0 Å². The topological polar surface area (TPSA) is 54.9 Å². The molecule has 6 heteroatoms. The van der Waals surface area contributed by atoms with Crippen molar-refractivity contribution in [2.75, 3.05) is 11.1 Å². The second-order valence-corrected chi connectivity index (χ2v) is 7.38. The number of aryl methyl sites for hydroxylation is 2. The minimum absolute atomic E-state index is 0.0369. The van der Waals surface area contributed by atoms with E-state index in [9.17, 15) is 4.79 Å². The molecule has 0 saturated carbocycles. The molecule has 0 radical (unpaired) electrons. The molecule has 24 heavy (non-hydrogen) atoms. The molecule has 1 N–H and O–H groups in total. The second kappa shape index (κ2) is 7.59. The van der Waals surface area contributed by atoms with Crippen LogP contribution in [0.2, 0.25) is 0 Å². The number of hydrogen-bond acceptors (Lipinski definition) is 5. The molecule has 0 aliphatic heterocycles. The average Bonchev–Trinajstić information content (AvgIpc) is 3.06. The predicted octanol–water partition coefficient (Wildman–Crippen LogP) is 4.55. The smallest absolute Gasteiger partial charge is 0.234 e. The van der Waals surface area contributed by atoms with Crippen molar-refractivity contribution in [2.24, 2.45) is 0 Å². The first-order valence-corrected chi connectivity index (χ1v) is 9.27. The molecule has 2 aromatic carbocycles. The van der Waals surface area contributed by atoms with Crippen LogP contribution in [0.25, 0.3) is 11.4 Å². The molecule has 3 aromatic rings. The lowest BCUT2D eigenvalue weighted by Crippen LogP contribution is -2.14. The normalized spacial score (nSPS) is 10.6. The number of nitrogens with zero attached hydrogens (tertiary/aromatic N) is 2. The van der Waals surface area contributed by atoms with Gasteiger partial charge in [0, 0.05) is 11.3 Å². The zero-order chi connectivity index (χ0) is 16.9. The quantitative estimate of drug-likeness (QED) is 0.682. The number of aromatic nitrogens is 2. The molecule has 0 spiro atoms. The maximum atomic E-state index is 12.2. The fraction of sp³-hybridized carbons (Fsp3) is 0.167. The Hall–Kier alpha value is -2.18. The molecule has 0 saturated heterocycles. The van der Waals surface area contributed by atoms with Crippen molar-refractivity contribution in [1.82, 2.24) is 9.36 Å². The zero-order valence-corrected chi connectivity index (χ0v) is 15.1. The lowest BCUT2D eigenvalue weighted by Gasteiger charge is -2.08. The van der Waals surface area contributed by atoms with E-state index in [1.54, 1.807) is 0 Å². The van der Waals surface area contributed by atoms with Gasteiger partial charge >= 0.3 is 0 Å². The van der Waals surface area contributed by atoms with Gasteiger partial charge < -0.3 is 5.32 Å². The summed E-state index contributed by atoms with van der Waals surface area (Å²) in [6.45, 7) is 4.00. The Morgan fingerprint density at radius 1 is 1.17 bits per heavy atom. The van der Waals surface area contributed by atoms with Gasteiger partial charge in [0.05, 0.1) is 5.75 Å². The van der Waals surface area contributed by atoms with Crippen LogP contribution in [0, 0.1) is 13.8 Å². The first-order chi connectivity index (χ1) is 11.6. The van der Waals surface area contributed by atoms with Crippen LogP contribution in [0.4, 0.5) is 5.69 Å². The third kappa shape index (κ3) is 4.21. The van der Waals surface area contributed by atoms with Crippen molar-refractivity contribution < 1.29 is 4.79 Å². The van der Waals surface area contributed by atoms with E-state index in [2.05, 4.69) is 14.7 Å². The summed E-state index contributed by atoms with van der Waals surface area (Å²) in [6.07, 6.45) is 0. The predicted molar refractivity (Wildman–Crippen MR) is 101 cm³/mol. The molecule has 4 nitrogen and oxygen atoms in total. The van der Waals surface area contributed by atoms with Crippen molar-refractivity contribution in [3.05, 3.63) is 59.7 Å². The van der Waals surface area contributed by atoms with E-state index in [1.807, 2.05) is 62.4 Å². The third-order valence-corrected chi connectivity index (χ3v) is 5.27. The molecule has 0 aliphatic carbocycles. The van der Waals surface area contributed by atoms with Crippen LogP contribution in [-0.2, 0) is 4.79 Å². The van der Waals surface area contributed by atoms with Gasteiger partial charge in [-0.1, -0.05) is 54.2 Å². The van der Waals surface area contributed by atoms with Crippen molar-refractivity contribution in [3.63, 3.8) is 0 Å². The Morgan fingerprint density at radius 2 is 1.96 bits per heavy atom. The molecule has 0 fully saturated rings. The number of benzene rings is 2. The molecule has 0 atom stereocenters. The fourth-order valence-corrected chi connectivity index (χ4v) is 3.57. The van der Waals surface area contributed by atoms with Gasteiger partial charge in [-0.2, -0.15) is 4.37 Å². The number of carbonyl (C=O) groups excluding carboxylic acids is 1. The van der Waals surface area contributed by atoms with Gasteiger partial charge in [0.1, 0.15) is 0 Å². The van der Waals surface area contributed by atoms with E-state index in [0.717, 1.165) is 26.7 Å². The molecule has 1 aromatic heterocycles. The molecule has 122 valence electrons. The molecular weight excluding hydrogens is 338 g/mol. The number of amides is 1. The average molecular weight is 355 g/mol. The second-order valence-electron chi connectivity index (χ2n) is 5.41. The first-order valence-electron chi connectivity index (χ1n) is 7.51. The highest BCUT2D eigenvalue weighted by Gasteiger charge is 2.10. The van der Waals surface area contributed by atoms with Gasteiger partial charge in [-0.15, -0.1) is 0 Å². The van der Waals surface area contributed by atoms with Crippen LogP contribution in [0.5, 0.6) is 0 Å². The maximum Gasteiger partial charge on any atom is 0.234 e. The summed E-state index contributed by atoms with van der Waals surface area (Å²) in [7, 11) is 0. The highest BCUT2D eigenvalue weighted by Crippen LogP contribution is 2.25. The van der Waals surface area contributed by atoms with E-state index in [1.165, 1.54) is 23.3 Å². The standard InChI is InChI=1S/C18H17N3OS2/c1-12-8-9-13(2)15(10-12)19-16(22)11-23-18-20-17(21-24-18)14-6-4-3-5-7-14/h3-10H,11H2,1-2H3,(H,19,22). The number of rotatable bonds is 5. The summed E-state index contributed by atoms with van der Waals surface area (Å²) in [5, 5.41) is 2.96. The molecular formula is C18H17N3OS2. The van der Waals surface area contributed by atoms with Crippen LogP contribution >= 0.6 is 23.3 Å². The van der Waals surface area contributed by atoms with E-state index in [-0.39, 0.29) is 5.91 Å². The van der Waals surface area contributed by atoms with Crippen LogP contribution in [0.1, 0.15) is 11.1 Å². The van der Waals surface area contributed by atoms with E-state index in [4.69, 9.17) is 0 Å². The molecule has 1 heterocycles. The third-order valence-electron chi connectivity index (χ3n) is 3.43. The summed E-state index contributed by atoms with van der Waals surface area (Å²) in [4.78, 5) is 16.6. The first kappa shape index (κ1) is 16.7. The van der Waals surface area contributed by atoms with E-state index >= 15 is 0 Å². The summed E-state index contributed by atoms with van der Waals surface area (Å²) in [6, 6.07) is 15.9. The van der Waals surface area contributed by atoms with E-state index in [0.29, 0.717) is 11.6 Å². The number of carbonyl (C=O) groups is 1. The van der Waals surface area contributed by atoms with Crippen LogP contribution in [0.15, 0.2) is 52.9 Å². The minimum Gasteiger partial charge on any atom is -0.325 e. The van der Waals surface area contributed by atoms with Gasteiger partial charge in [-0.25, -0.2) is 4.98 Å². The number of anilines is 1. The Morgan fingerprint density at radius 3 is 2.75 bits per heavy atom. The molecule has 1 amide bonds. The van der Waals surface area contributed by atoms with Crippen LogP contribution in [0.3, 0.4) is 0 Å². The Labute approximate surface area is 149 Å². The van der Waals surface area contributed by atoms with Gasteiger partial charge in [-0.05, 0) is 42.6 Å². The Kier molecular flexibility index (Phi) is 5.27. The monoisotopic (exact) mass is 355 g/mol. The van der Waals surface area contributed by atoms with E-state index < -0.39 is 0 Å². The summed E-state index contributed by atoms with van der Waals surface area (Å²) < 4.78 is 5.15. The lowest BCUT2D eigenvalue weighted by atomic mass is 10.1. The summed E-state index contributed by atoms with van der Waals surface area (Å²) in [5.74, 6) is 0.986. The molecule has 3 rings (SSSR count). The zero-order valence-electron chi connectivity index (χ0n) is 13.4. The van der Waals surface area contributed by atoms with Crippen molar-refractivity contribution in [2.45, 2.75) is 18.2 Å². The summed E-state index contributed by atoms with van der Waals surface area (Å²) in [5.41, 5.74) is 4.03. The van der Waals surface area contributed by atoms with Gasteiger partial charge in [0.25, 0.3) is 0 Å². The Bertz CT molecular complexity index is 846. The Balaban J connectivity index is 1.59. The van der Waals surface area contributed by atoms with Crippen LogP contribution in [-0.4, -0.2) is 21.0 Å². The highest BCUT2D eigenvalue weighted by atomic mass is 32.2. The fourth-order valence-electron chi connectivity index (χ4n) is 2.16. The highest BCUT2D eigenvalue weighted by molar-refractivity contribution is 8.01. The van der Waals surface area contributed by atoms with Gasteiger partial charge in [0.15, 0.2) is 10.2 Å². The maximum absolute atomic E-state index is 12.2. The van der Waals surface area contributed by atoms with Crippen molar-refractivity contribution in [3.8, 4) is 11.4 Å². The largest absolute Gasteiger partial charge is 0.325 e. The molecule has 0 bridgehead atoms. The minimum atomic E-state index is -0.0369. The number of hydrogen-bond donors (Lipinski definition) is 1. The van der Waals surface area contributed by atoms with Crippen LogP contribution < -0.4 is 5.32 Å². The molecule has 0 aliphatic rings. The lowest BCUT2D eigenvalue weighted by molar-refractivity contribution is -0.113. The van der Waals surface area contributed by atoms with Crippen molar-refractivity contribution >= 4 is 34.9 Å². The van der Waals surface area contributed by atoms with Gasteiger partial charge in [-0.3, -0.25) is 4.79 Å². The summed E-state index contributed by atoms with van der Waals surface area (Å²) >= 11 is 2.73. The van der Waals surface area contributed by atoms with Gasteiger partial charge in [0.2, 0.25) is 5.91 Å². The number of thioether (sulfide) groups is 1.